The lowest BCUT2D eigenvalue weighted by molar-refractivity contribution is 0.0840. The van der Waals surface area contributed by atoms with Crippen LogP contribution in [-0.2, 0) is 6.54 Å². The maximum Gasteiger partial charge on any atom is 0.290 e. The van der Waals surface area contributed by atoms with E-state index in [0.717, 1.165) is 0 Å². The van der Waals surface area contributed by atoms with Crippen LogP contribution in [0.2, 0.25) is 0 Å². The molecule has 0 fully saturated rings. The fourth-order valence-corrected chi connectivity index (χ4v) is 3.83. The summed E-state index contributed by atoms with van der Waals surface area (Å²) in [6, 6.07) is 13.1. The average Bonchev–Trinajstić information content (AvgIpc) is 2.84. The number of hydrogen-bond donors (Lipinski definition) is 2. The molecule has 4 rings (SSSR count). The number of nitrogens with one attached hydrogen (secondary N) is 2. The maximum atomic E-state index is 13.1. The van der Waals surface area contributed by atoms with E-state index >= 15 is 0 Å². The third kappa shape index (κ3) is 4.54. The van der Waals surface area contributed by atoms with Gasteiger partial charge in [0.05, 0.1) is 16.8 Å². The van der Waals surface area contributed by atoms with Crippen LogP contribution in [-0.4, -0.2) is 31.4 Å². The first kappa shape index (κ1) is 23.8. The summed E-state index contributed by atoms with van der Waals surface area (Å²) in [4.78, 5) is 51.6. The molecule has 4 aromatic rings. The molecule has 35 heavy (non-hydrogen) atoms. The third-order valence-corrected chi connectivity index (χ3v) is 5.44. The van der Waals surface area contributed by atoms with Crippen molar-refractivity contribution in [1.29, 1.82) is 0 Å². The number of hydrazine groups is 1. The zero-order chi connectivity index (χ0) is 25.3. The second-order valence-corrected chi connectivity index (χ2v) is 8.92. The van der Waals surface area contributed by atoms with Crippen LogP contribution in [0.4, 0.5) is 0 Å². The van der Waals surface area contributed by atoms with Crippen LogP contribution in [0.1, 0.15) is 54.7 Å². The van der Waals surface area contributed by atoms with E-state index in [9.17, 15) is 19.2 Å². The number of benzene rings is 2. The number of carbonyl (C=O) groups is 2. The van der Waals surface area contributed by atoms with Crippen molar-refractivity contribution in [2.45, 2.75) is 40.3 Å². The molecule has 0 unspecified atom stereocenters. The lowest BCUT2D eigenvalue weighted by Crippen LogP contribution is -2.44. The highest BCUT2D eigenvalue weighted by atomic mass is 16.2. The predicted molar refractivity (Wildman–Crippen MR) is 132 cm³/mol. The monoisotopic (exact) mass is 474 g/mol. The van der Waals surface area contributed by atoms with Crippen molar-refractivity contribution in [2.75, 3.05) is 0 Å². The number of hydrogen-bond acceptors (Lipinski definition) is 6. The first-order valence-corrected chi connectivity index (χ1v) is 11.3. The number of amides is 2. The summed E-state index contributed by atoms with van der Waals surface area (Å²) in [5, 5.41) is 9.96. The molecule has 2 amide bonds. The molecule has 2 heterocycles. The Kier molecular flexibility index (Phi) is 6.46. The van der Waals surface area contributed by atoms with E-state index in [1.807, 2.05) is 13.8 Å². The average molecular weight is 475 g/mol. The van der Waals surface area contributed by atoms with Crippen LogP contribution in [0.3, 0.4) is 0 Å². The predicted octanol–water partition coefficient (Wildman–Crippen LogP) is 2.42. The van der Waals surface area contributed by atoms with Gasteiger partial charge in [-0.1, -0.05) is 50.2 Å². The lowest BCUT2D eigenvalue weighted by atomic mass is 10.1. The van der Waals surface area contributed by atoms with Crippen LogP contribution < -0.4 is 22.0 Å². The van der Waals surface area contributed by atoms with Crippen LogP contribution in [0.15, 0.2) is 58.1 Å². The van der Waals surface area contributed by atoms with E-state index in [1.54, 1.807) is 62.4 Å². The van der Waals surface area contributed by atoms with Gasteiger partial charge in [0.25, 0.3) is 22.9 Å². The summed E-state index contributed by atoms with van der Waals surface area (Å²) in [5.74, 6) is -1.25. The lowest BCUT2D eigenvalue weighted by Gasteiger charge is -2.15. The Morgan fingerprint density at radius 2 is 1.20 bits per heavy atom. The zero-order valence-corrected chi connectivity index (χ0v) is 19.9. The molecule has 0 saturated carbocycles. The van der Waals surface area contributed by atoms with Gasteiger partial charge in [-0.3, -0.25) is 30.0 Å². The van der Waals surface area contributed by atoms with Crippen molar-refractivity contribution in [3.05, 3.63) is 80.6 Å². The molecule has 0 saturated heterocycles. The van der Waals surface area contributed by atoms with Crippen molar-refractivity contribution in [1.82, 2.24) is 30.4 Å². The van der Waals surface area contributed by atoms with Gasteiger partial charge in [0, 0.05) is 17.3 Å². The highest BCUT2D eigenvalue weighted by Gasteiger charge is 2.21. The number of aromatic nitrogens is 4. The molecule has 0 spiro atoms. The minimum atomic E-state index is -0.691. The molecular formula is C25H26N6O4. The quantitative estimate of drug-likeness (QED) is 0.428. The number of rotatable bonds is 5. The molecule has 10 nitrogen and oxygen atoms in total. The molecule has 2 N–H and O–H groups in total. The second-order valence-electron chi connectivity index (χ2n) is 8.92. The molecule has 10 heteroatoms. The Morgan fingerprint density at radius 3 is 1.69 bits per heavy atom. The summed E-state index contributed by atoms with van der Waals surface area (Å²) >= 11 is 0. The van der Waals surface area contributed by atoms with Gasteiger partial charge in [0.15, 0.2) is 11.4 Å². The Balaban J connectivity index is 1.68. The van der Waals surface area contributed by atoms with Gasteiger partial charge >= 0.3 is 0 Å². The van der Waals surface area contributed by atoms with Crippen LogP contribution in [0.25, 0.3) is 21.5 Å². The van der Waals surface area contributed by atoms with Gasteiger partial charge in [0.2, 0.25) is 0 Å². The zero-order valence-electron chi connectivity index (χ0n) is 19.9. The van der Waals surface area contributed by atoms with E-state index in [-0.39, 0.29) is 34.5 Å². The van der Waals surface area contributed by atoms with Gasteiger partial charge in [-0.15, -0.1) is 0 Å². The molecule has 0 atom stereocenters. The van der Waals surface area contributed by atoms with Gasteiger partial charge in [-0.2, -0.15) is 10.2 Å². The summed E-state index contributed by atoms with van der Waals surface area (Å²) < 4.78 is 2.49. The van der Waals surface area contributed by atoms with E-state index in [2.05, 4.69) is 21.0 Å². The summed E-state index contributed by atoms with van der Waals surface area (Å²) in [6.07, 6.45) is 0. The van der Waals surface area contributed by atoms with Crippen molar-refractivity contribution in [2.24, 2.45) is 5.92 Å². The summed E-state index contributed by atoms with van der Waals surface area (Å²) in [5.41, 5.74) is 4.15. The summed E-state index contributed by atoms with van der Waals surface area (Å²) in [7, 11) is 0. The van der Waals surface area contributed by atoms with Crippen molar-refractivity contribution in [3.63, 3.8) is 0 Å². The standard InChI is InChI=1S/C25H26N6O4/c1-14(2)13-30-24(34)18-11-7-5-9-16(18)20(28-30)22(32)26-27-23(33)21-17-10-6-8-12-19(17)25(35)31(29-21)15(3)4/h5-12,14-15H,13H2,1-4H3,(H,26,32)(H,27,33). The Hall–Kier alpha value is -4.34. The Bertz CT molecular complexity index is 1570. The SMILES string of the molecule is CC(C)Cn1nc(C(=O)NNC(=O)c2nn(C(C)C)c(=O)c3ccccc23)c2ccccc2c1=O. The van der Waals surface area contributed by atoms with E-state index in [4.69, 9.17) is 0 Å². The Labute approximate surface area is 200 Å². The molecular weight excluding hydrogens is 448 g/mol. The Morgan fingerprint density at radius 1 is 0.743 bits per heavy atom. The topological polar surface area (TPSA) is 128 Å². The van der Waals surface area contributed by atoms with E-state index in [1.165, 1.54) is 9.36 Å². The fraction of sp³-hybridized carbons (Fsp3) is 0.280. The molecule has 0 aliphatic rings. The molecule has 0 aliphatic heterocycles. The first-order chi connectivity index (χ1) is 16.7. The minimum Gasteiger partial charge on any atom is -0.267 e. The molecule has 0 radical (unpaired) electrons. The van der Waals surface area contributed by atoms with Crippen molar-refractivity contribution in [3.8, 4) is 0 Å². The highest BCUT2D eigenvalue weighted by Crippen LogP contribution is 2.16. The van der Waals surface area contributed by atoms with Gasteiger partial charge < -0.3 is 0 Å². The summed E-state index contributed by atoms with van der Waals surface area (Å²) in [6.45, 7) is 7.79. The molecule has 2 aromatic carbocycles. The van der Waals surface area contributed by atoms with E-state index < -0.39 is 11.8 Å². The largest absolute Gasteiger partial charge is 0.290 e. The fourth-order valence-electron chi connectivity index (χ4n) is 3.83. The number of fused-ring (bicyclic) bond motifs is 2. The third-order valence-electron chi connectivity index (χ3n) is 5.44. The first-order valence-electron chi connectivity index (χ1n) is 11.3. The molecule has 180 valence electrons. The van der Waals surface area contributed by atoms with Crippen molar-refractivity contribution >= 4 is 33.4 Å². The second kappa shape index (κ2) is 9.49. The van der Waals surface area contributed by atoms with Gasteiger partial charge in [-0.25, -0.2) is 9.36 Å². The van der Waals surface area contributed by atoms with Gasteiger partial charge in [0.1, 0.15) is 0 Å². The van der Waals surface area contributed by atoms with E-state index in [0.29, 0.717) is 28.1 Å². The normalized spacial score (nSPS) is 11.4. The van der Waals surface area contributed by atoms with Crippen LogP contribution in [0, 0.1) is 5.92 Å². The molecule has 0 bridgehead atoms. The molecule has 0 aliphatic carbocycles. The number of carbonyl (C=O) groups excluding carboxylic acids is 2. The highest BCUT2D eigenvalue weighted by molar-refractivity contribution is 6.08. The molecule has 2 aromatic heterocycles. The van der Waals surface area contributed by atoms with Crippen LogP contribution >= 0.6 is 0 Å². The minimum absolute atomic E-state index is 0.00297. The van der Waals surface area contributed by atoms with Gasteiger partial charge in [-0.05, 0) is 31.9 Å². The maximum absolute atomic E-state index is 13.1. The van der Waals surface area contributed by atoms with Crippen LogP contribution in [0.5, 0.6) is 0 Å². The smallest absolute Gasteiger partial charge is 0.267 e. The van der Waals surface area contributed by atoms with Crippen molar-refractivity contribution < 1.29 is 9.59 Å². The number of nitrogens with zero attached hydrogens (tertiary/aromatic N) is 4.